The SMILES string of the molecule is CCNC(=NCc1ccco1)NCCCc1nc2ccccc2[nH]1. The highest BCUT2D eigenvalue weighted by Crippen LogP contribution is 2.11. The molecule has 3 rings (SSSR count). The van der Waals surface area contributed by atoms with Gasteiger partial charge >= 0.3 is 0 Å². The number of furan rings is 1. The Morgan fingerprint density at radius 2 is 2.12 bits per heavy atom. The van der Waals surface area contributed by atoms with Crippen molar-refractivity contribution in [2.45, 2.75) is 26.3 Å². The van der Waals surface area contributed by atoms with Crippen LogP contribution in [0.4, 0.5) is 0 Å². The lowest BCUT2D eigenvalue weighted by Gasteiger charge is -2.10. The van der Waals surface area contributed by atoms with Crippen molar-refractivity contribution in [3.63, 3.8) is 0 Å². The maximum Gasteiger partial charge on any atom is 0.191 e. The minimum Gasteiger partial charge on any atom is -0.467 e. The van der Waals surface area contributed by atoms with E-state index in [1.165, 1.54) is 0 Å². The van der Waals surface area contributed by atoms with Gasteiger partial charge in [-0.2, -0.15) is 0 Å². The molecular formula is C18H23N5O. The second kappa shape index (κ2) is 8.19. The average molecular weight is 325 g/mol. The van der Waals surface area contributed by atoms with E-state index in [9.17, 15) is 0 Å². The molecular weight excluding hydrogens is 302 g/mol. The van der Waals surface area contributed by atoms with Gasteiger partial charge in [0.2, 0.25) is 0 Å². The minimum atomic E-state index is 0.534. The van der Waals surface area contributed by atoms with Crippen LogP contribution in [0.15, 0.2) is 52.1 Å². The fourth-order valence-electron chi connectivity index (χ4n) is 2.49. The summed E-state index contributed by atoms with van der Waals surface area (Å²) in [4.78, 5) is 12.5. The van der Waals surface area contributed by atoms with Gasteiger partial charge in [0.15, 0.2) is 5.96 Å². The molecule has 0 radical (unpaired) electrons. The van der Waals surface area contributed by atoms with Crippen LogP contribution in [-0.2, 0) is 13.0 Å². The van der Waals surface area contributed by atoms with E-state index in [4.69, 9.17) is 4.42 Å². The first kappa shape index (κ1) is 16.1. The summed E-state index contributed by atoms with van der Waals surface area (Å²) in [6.45, 7) is 4.25. The van der Waals surface area contributed by atoms with E-state index < -0.39 is 0 Å². The number of nitrogens with zero attached hydrogens (tertiary/aromatic N) is 2. The smallest absolute Gasteiger partial charge is 0.191 e. The van der Waals surface area contributed by atoms with Gasteiger partial charge in [0.25, 0.3) is 0 Å². The van der Waals surface area contributed by atoms with Gasteiger partial charge in [-0.3, -0.25) is 0 Å². The Bertz CT molecular complexity index is 743. The molecule has 3 aromatic rings. The van der Waals surface area contributed by atoms with Gasteiger partial charge < -0.3 is 20.0 Å². The summed E-state index contributed by atoms with van der Waals surface area (Å²) >= 11 is 0. The lowest BCUT2D eigenvalue weighted by atomic mass is 10.3. The Morgan fingerprint density at radius 1 is 1.21 bits per heavy atom. The van der Waals surface area contributed by atoms with E-state index >= 15 is 0 Å². The topological polar surface area (TPSA) is 78.2 Å². The molecule has 0 aliphatic carbocycles. The molecule has 3 N–H and O–H groups in total. The molecule has 0 spiro atoms. The van der Waals surface area contributed by atoms with Crippen LogP contribution >= 0.6 is 0 Å². The van der Waals surface area contributed by atoms with E-state index in [1.807, 2.05) is 30.3 Å². The number of aromatic amines is 1. The Morgan fingerprint density at radius 3 is 2.92 bits per heavy atom. The molecule has 0 fully saturated rings. The Hall–Kier alpha value is -2.76. The predicted octanol–water partition coefficient (Wildman–Crippen LogP) is 2.84. The van der Waals surface area contributed by atoms with E-state index in [0.717, 1.165) is 54.5 Å². The van der Waals surface area contributed by atoms with E-state index in [1.54, 1.807) is 6.26 Å². The van der Waals surface area contributed by atoms with Crippen LogP contribution < -0.4 is 10.6 Å². The lowest BCUT2D eigenvalue weighted by molar-refractivity contribution is 0.512. The Kier molecular flexibility index (Phi) is 5.50. The monoisotopic (exact) mass is 325 g/mol. The standard InChI is InChI=1S/C18H23N5O/c1-2-19-18(21-13-14-7-6-12-24-14)20-11-5-10-17-22-15-8-3-4-9-16(15)23-17/h3-4,6-9,12H,2,5,10-11,13H2,1H3,(H,22,23)(H2,19,20,21). The number of nitrogens with one attached hydrogen (secondary N) is 3. The van der Waals surface area contributed by atoms with Gasteiger partial charge in [-0.15, -0.1) is 0 Å². The number of benzene rings is 1. The van der Waals surface area contributed by atoms with Crippen LogP contribution in [-0.4, -0.2) is 29.0 Å². The number of imidazole rings is 1. The molecule has 6 heteroatoms. The normalized spacial score (nSPS) is 11.8. The van der Waals surface area contributed by atoms with Crippen molar-refractivity contribution in [3.05, 3.63) is 54.2 Å². The third kappa shape index (κ3) is 4.38. The summed E-state index contributed by atoms with van der Waals surface area (Å²) < 4.78 is 5.30. The molecule has 0 aliphatic heterocycles. The Labute approximate surface area is 141 Å². The van der Waals surface area contributed by atoms with Gasteiger partial charge in [0, 0.05) is 19.5 Å². The van der Waals surface area contributed by atoms with Crippen LogP contribution in [0.25, 0.3) is 11.0 Å². The van der Waals surface area contributed by atoms with Gasteiger partial charge in [-0.1, -0.05) is 12.1 Å². The predicted molar refractivity (Wildman–Crippen MR) is 95.9 cm³/mol. The summed E-state index contributed by atoms with van der Waals surface area (Å²) in [6.07, 6.45) is 3.54. The van der Waals surface area contributed by atoms with Crippen molar-refractivity contribution >= 4 is 17.0 Å². The molecule has 0 atom stereocenters. The molecule has 24 heavy (non-hydrogen) atoms. The number of aryl methyl sites for hydroxylation is 1. The summed E-state index contributed by atoms with van der Waals surface area (Å²) in [5.74, 6) is 2.68. The first-order valence-corrected chi connectivity index (χ1v) is 8.33. The van der Waals surface area contributed by atoms with E-state index in [2.05, 4.69) is 38.6 Å². The fraction of sp³-hybridized carbons (Fsp3) is 0.333. The van der Waals surface area contributed by atoms with Crippen LogP contribution in [0, 0.1) is 0 Å². The third-order valence-electron chi connectivity index (χ3n) is 3.64. The van der Waals surface area contributed by atoms with Crippen molar-refractivity contribution in [1.82, 2.24) is 20.6 Å². The highest BCUT2D eigenvalue weighted by Gasteiger charge is 2.03. The zero-order valence-corrected chi connectivity index (χ0v) is 13.9. The molecule has 2 heterocycles. The quantitative estimate of drug-likeness (QED) is 0.355. The number of fused-ring (bicyclic) bond motifs is 1. The van der Waals surface area contributed by atoms with E-state index in [0.29, 0.717) is 6.54 Å². The molecule has 1 aromatic carbocycles. The molecule has 0 unspecified atom stereocenters. The van der Waals surface area contributed by atoms with Crippen molar-refractivity contribution < 1.29 is 4.42 Å². The van der Waals surface area contributed by atoms with Crippen LogP contribution in [0.3, 0.4) is 0 Å². The van der Waals surface area contributed by atoms with Crippen molar-refractivity contribution in [3.8, 4) is 0 Å². The molecule has 6 nitrogen and oxygen atoms in total. The average Bonchev–Trinajstić information content (AvgIpc) is 3.25. The van der Waals surface area contributed by atoms with Gasteiger partial charge in [0.1, 0.15) is 18.1 Å². The second-order valence-electron chi connectivity index (χ2n) is 5.51. The lowest BCUT2D eigenvalue weighted by Crippen LogP contribution is -2.37. The summed E-state index contributed by atoms with van der Waals surface area (Å²) in [5.41, 5.74) is 2.11. The number of aliphatic imine (C=N–C) groups is 1. The number of hydrogen-bond acceptors (Lipinski definition) is 3. The van der Waals surface area contributed by atoms with Crippen LogP contribution in [0.2, 0.25) is 0 Å². The van der Waals surface area contributed by atoms with Gasteiger partial charge in [-0.05, 0) is 37.6 Å². The highest BCUT2D eigenvalue weighted by atomic mass is 16.3. The van der Waals surface area contributed by atoms with Crippen LogP contribution in [0.1, 0.15) is 24.9 Å². The summed E-state index contributed by atoms with van der Waals surface area (Å²) in [5, 5.41) is 6.58. The molecule has 126 valence electrons. The second-order valence-corrected chi connectivity index (χ2v) is 5.51. The fourth-order valence-corrected chi connectivity index (χ4v) is 2.49. The van der Waals surface area contributed by atoms with Crippen molar-refractivity contribution in [2.24, 2.45) is 4.99 Å². The molecule has 0 saturated heterocycles. The van der Waals surface area contributed by atoms with Crippen LogP contribution in [0.5, 0.6) is 0 Å². The molecule has 2 aromatic heterocycles. The zero-order chi connectivity index (χ0) is 16.6. The summed E-state index contributed by atoms with van der Waals surface area (Å²) in [6, 6.07) is 11.9. The Balaban J connectivity index is 1.47. The number of para-hydroxylation sites is 2. The van der Waals surface area contributed by atoms with Gasteiger partial charge in [-0.25, -0.2) is 9.98 Å². The molecule has 0 aliphatic rings. The summed E-state index contributed by atoms with van der Waals surface area (Å²) in [7, 11) is 0. The molecule has 0 saturated carbocycles. The number of rotatable bonds is 7. The minimum absolute atomic E-state index is 0.534. The molecule has 0 amide bonds. The highest BCUT2D eigenvalue weighted by molar-refractivity contribution is 5.79. The maximum absolute atomic E-state index is 5.30. The number of guanidine groups is 1. The third-order valence-corrected chi connectivity index (χ3v) is 3.64. The first-order chi connectivity index (χ1) is 11.8. The molecule has 0 bridgehead atoms. The number of hydrogen-bond donors (Lipinski definition) is 3. The van der Waals surface area contributed by atoms with Gasteiger partial charge in [0.05, 0.1) is 17.3 Å². The van der Waals surface area contributed by atoms with E-state index in [-0.39, 0.29) is 0 Å². The first-order valence-electron chi connectivity index (χ1n) is 8.33. The largest absolute Gasteiger partial charge is 0.467 e. The zero-order valence-electron chi connectivity index (χ0n) is 13.9. The van der Waals surface area contributed by atoms with Crippen molar-refractivity contribution in [2.75, 3.05) is 13.1 Å². The maximum atomic E-state index is 5.30. The number of H-pyrrole nitrogens is 1. The number of aromatic nitrogens is 2. The van der Waals surface area contributed by atoms with Crippen molar-refractivity contribution in [1.29, 1.82) is 0 Å².